The molecule has 0 heterocycles. The highest BCUT2D eigenvalue weighted by Crippen LogP contribution is 1.96. The minimum absolute atomic E-state index is 0.844. The third-order valence-corrected chi connectivity index (χ3v) is 1.23. The Bertz CT molecular complexity index is 44.3. The maximum absolute atomic E-state index is 8.06. The van der Waals surface area contributed by atoms with Crippen LogP contribution >= 0.6 is 0 Å². The molecule has 0 radical (unpaired) electrons. The third kappa shape index (κ3) is 7.88. The number of hydrogen-bond acceptors (Lipinski definition) is 3. The fraction of sp³-hybridized carbons (Fsp3) is 1.00. The fourth-order valence-electron chi connectivity index (χ4n) is 0.696. The molecule has 0 fully saturated rings. The molecule has 0 aliphatic heterocycles. The van der Waals surface area contributed by atoms with Crippen molar-refractivity contribution in [1.29, 1.82) is 0 Å². The van der Waals surface area contributed by atoms with Crippen molar-refractivity contribution in [2.75, 3.05) is 6.54 Å². The molecule has 3 N–H and O–H groups in total. The first-order valence-electron chi connectivity index (χ1n) is 3.53. The Labute approximate surface area is 56.4 Å². The number of unbranched alkanes of at least 4 members (excludes halogenated alkanes) is 3. The van der Waals surface area contributed by atoms with Crippen LogP contribution < -0.4 is 11.0 Å². The summed E-state index contributed by atoms with van der Waals surface area (Å²) in [5.74, 6) is 0. The van der Waals surface area contributed by atoms with Crippen LogP contribution in [0.15, 0.2) is 0 Å². The van der Waals surface area contributed by atoms with Gasteiger partial charge in [0.2, 0.25) is 0 Å². The summed E-state index contributed by atoms with van der Waals surface area (Å²) in [6.07, 6.45) is 4.91. The lowest BCUT2D eigenvalue weighted by Gasteiger charge is -1.99. The zero-order valence-corrected chi connectivity index (χ0v) is 5.98. The van der Waals surface area contributed by atoms with E-state index in [-0.39, 0.29) is 0 Å². The predicted molar refractivity (Wildman–Crippen MR) is 37.1 cm³/mol. The average molecular weight is 132 g/mol. The number of nitrogens with one attached hydrogen (secondary N) is 2. The lowest BCUT2D eigenvalue weighted by Crippen LogP contribution is -2.28. The predicted octanol–water partition coefficient (Wildman–Crippen LogP) is 1.05. The second kappa shape index (κ2) is 7.88. The zero-order valence-electron chi connectivity index (χ0n) is 5.98. The standard InChI is InChI=1S/C6H16N2O/c1-2-3-4-5-6-7-8-9/h7-9H,2-6H2,1H3. The van der Waals surface area contributed by atoms with Gasteiger partial charge in [-0.05, 0) is 6.42 Å². The minimum atomic E-state index is 0.844. The molecule has 0 aromatic carbocycles. The van der Waals surface area contributed by atoms with Crippen molar-refractivity contribution >= 4 is 0 Å². The van der Waals surface area contributed by atoms with Crippen molar-refractivity contribution in [2.24, 2.45) is 0 Å². The second-order valence-corrected chi connectivity index (χ2v) is 2.10. The van der Waals surface area contributed by atoms with Gasteiger partial charge in [-0.3, -0.25) is 0 Å². The van der Waals surface area contributed by atoms with Gasteiger partial charge in [0.25, 0.3) is 0 Å². The molecule has 0 saturated carbocycles. The average Bonchev–Trinajstić information content (AvgIpc) is 1.89. The van der Waals surface area contributed by atoms with Crippen molar-refractivity contribution in [1.82, 2.24) is 11.0 Å². The van der Waals surface area contributed by atoms with Crippen molar-refractivity contribution in [3.8, 4) is 0 Å². The molecule has 3 heteroatoms. The van der Waals surface area contributed by atoms with Crippen LogP contribution in [0.1, 0.15) is 32.6 Å². The summed E-state index contributed by atoms with van der Waals surface area (Å²) in [6, 6.07) is 0. The van der Waals surface area contributed by atoms with E-state index in [4.69, 9.17) is 5.21 Å². The Hall–Kier alpha value is -0.120. The molecule has 0 rings (SSSR count). The van der Waals surface area contributed by atoms with Crippen LogP contribution in [0.4, 0.5) is 0 Å². The maximum atomic E-state index is 8.06. The van der Waals surface area contributed by atoms with E-state index in [1.807, 2.05) is 5.59 Å². The molecule has 9 heavy (non-hydrogen) atoms. The van der Waals surface area contributed by atoms with E-state index >= 15 is 0 Å². The van der Waals surface area contributed by atoms with E-state index in [0.29, 0.717) is 0 Å². The largest absolute Gasteiger partial charge is 0.302 e. The van der Waals surface area contributed by atoms with Gasteiger partial charge in [0.1, 0.15) is 0 Å². The lowest BCUT2D eigenvalue weighted by molar-refractivity contribution is 0.120. The van der Waals surface area contributed by atoms with Crippen LogP contribution in [0.2, 0.25) is 0 Å². The number of rotatable bonds is 6. The smallest absolute Gasteiger partial charge is 0.0122 e. The molecule has 0 saturated heterocycles. The van der Waals surface area contributed by atoms with E-state index in [0.717, 1.165) is 13.0 Å². The number of hydrogen-bond donors (Lipinski definition) is 3. The summed E-state index contributed by atoms with van der Waals surface area (Å²) < 4.78 is 0. The molecule has 0 amide bonds. The van der Waals surface area contributed by atoms with Crippen molar-refractivity contribution in [3.63, 3.8) is 0 Å². The van der Waals surface area contributed by atoms with Gasteiger partial charge in [0, 0.05) is 6.54 Å². The first-order valence-corrected chi connectivity index (χ1v) is 3.53. The first-order chi connectivity index (χ1) is 4.41. The zero-order chi connectivity index (χ0) is 6.95. The van der Waals surface area contributed by atoms with Crippen LogP contribution in [0.3, 0.4) is 0 Å². The molecule has 0 unspecified atom stereocenters. The molecule has 3 nitrogen and oxygen atoms in total. The van der Waals surface area contributed by atoms with E-state index in [9.17, 15) is 0 Å². The SMILES string of the molecule is CCCCCCNNO. The van der Waals surface area contributed by atoms with Crippen molar-refractivity contribution < 1.29 is 5.21 Å². The monoisotopic (exact) mass is 132 g/mol. The highest BCUT2D eigenvalue weighted by molar-refractivity contribution is 4.41. The van der Waals surface area contributed by atoms with Crippen LogP contribution in [0.25, 0.3) is 0 Å². The molecular formula is C6H16N2O. The summed E-state index contributed by atoms with van der Waals surface area (Å²) in [6.45, 7) is 3.02. The molecule has 0 aromatic rings. The van der Waals surface area contributed by atoms with Gasteiger partial charge in [0.15, 0.2) is 0 Å². The molecule has 0 aromatic heterocycles. The van der Waals surface area contributed by atoms with Crippen LogP contribution in [-0.4, -0.2) is 11.8 Å². The molecule has 0 spiro atoms. The molecule has 0 atom stereocenters. The Kier molecular flexibility index (Phi) is 7.77. The summed E-state index contributed by atoms with van der Waals surface area (Å²) in [5.41, 5.74) is 4.51. The Balaban J connectivity index is 2.60. The molecule has 0 aliphatic rings. The maximum Gasteiger partial charge on any atom is 0.0122 e. The van der Waals surface area contributed by atoms with Gasteiger partial charge >= 0.3 is 0 Å². The van der Waals surface area contributed by atoms with Gasteiger partial charge in [-0.15, -0.1) is 5.59 Å². The number of hydrazine groups is 1. The van der Waals surface area contributed by atoms with Gasteiger partial charge in [-0.2, -0.15) is 0 Å². The van der Waals surface area contributed by atoms with E-state index in [2.05, 4.69) is 12.3 Å². The second-order valence-electron chi connectivity index (χ2n) is 2.10. The summed E-state index contributed by atoms with van der Waals surface area (Å²) in [4.78, 5) is 0. The van der Waals surface area contributed by atoms with E-state index in [1.54, 1.807) is 0 Å². The summed E-state index contributed by atoms with van der Waals surface area (Å²) in [7, 11) is 0. The Morgan fingerprint density at radius 1 is 1.22 bits per heavy atom. The summed E-state index contributed by atoms with van der Waals surface area (Å²) in [5, 5.41) is 8.06. The van der Waals surface area contributed by atoms with Gasteiger partial charge in [-0.25, -0.2) is 5.43 Å². The van der Waals surface area contributed by atoms with Gasteiger partial charge in [-0.1, -0.05) is 26.2 Å². The van der Waals surface area contributed by atoms with Crippen molar-refractivity contribution in [2.45, 2.75) is 32.6 Å². The molecule has 56 valence electrons. The highest BCUT2D eigenvalue weighted by atomic mass is 16.5. The minimum Gasteiger partial charge on any atom is -0.302 e. The van der Waals surface area contributed by atoms with Crippen molar-refractivity contribution in [3.05, 3.63) is 0 Å². The van der Waals surface area contributed by atoms with E-state index < -0.39 is 0 Å². The quantitative estimate of drug-likeness (QED) is 0.374. The van der Waals surface area contributed by atoms with Crippen LogP contribution in [0, 0.1) is 0 Å². The van der Waals surface area contributed by atoms with Crippen LogP contribution in [0.5, 0.6) is 0 Å². The fourth-order valence-corrected chi connectivity index (χ4v) is 0.696. The Morgan fingerprint density at radius 2 is 2.00 bits per heavy atom. The normalized spacial score (nSPS) is 10.0. The van der Waals surface area contributed by atoms with Gasteiger partial charge < -0.3 is 5.21 Å². The Morgan fingerprint density at radius 3 is 2.56 bits per heavy atom. The van der Waals surface area contributed by atoms with E-state index in [1.165, 1.54) is 19.3 Å². The summed E-state index contributed by atoms with van der Waals surface area (Å²) >= 11 is 0. The topological polar surface area (TPSA) is 44.3 Å². The highest BCUT2D eigenvalue weighted by Gasteiger charge is 1.84. The third-order valence-electron chi connectivity index (χ3n) is 1.23. The molecule has 0 aliphatic carbocycles. The lowest BCUT2D eigenvalue weighted by atomic mass is 10.2. The van der Waals surface area contributed by atoms with Gasteiger partial charge in [0.05, 0.1) is 0 Å². The first kappa shape index (κ1) is 8.88. The molecular weight excluding hydrogens is 116 g/mol. The van der Waals surface area contributed by atoms with Crippen LogP contribution in [-0.2, 0) is 0 Å². The molecule has 0 bridgehead atoms.